The minimum Gasteiger partial charge on any atom is -0.468 e. The molecule has 0 bridgehead atoms. The molecule has 0 saturated heterocycles. The Balaban J connectivity index is 2.23. The maximum absolute atomic E-state index is 13.0. The van der Waals surface area contributed by atoms with Gasteiger partial charge >= 0.3 is 12.1 Å². The summed E-state index contributed by atoms with van der Waals surface area (Å²) in [5, 5.41) is 5.03. The highest BCUT2D eigenvalue weighted by atomic mass is 16.6. The van der Waals surface area contributed by atoms with Crippen LogP contribution in [0.1, 0.15) is 32.8 Å². The molecule has 1 unspecified atom stereocenters. The molecule has 4 amide bonds. The molecule has 196 valence electrons. The van der Waals surface area contributed by atoms with Gasteiger partial charge in [-0.2, -0.15) is 0 Å². The van der Waals surface area contributed by atoms with E-state index in [1.165, 1.54) is 16.9 Å². The topological polar surface area (TPSA) is 134 Å². The zero-order valence-electron chi connectivity index (χ0n) is 21.3. The van der Waals surface area contributed by atoms with E-state index in [9.17, 15) is 24.0 Å². The van der Waals surface area contributed by atoms with Gasteiger partial charge in [-0.1, -0.05) is 30.3 Å². The molecule has 0 fully saturated rings. The minimum absolute atomic E-state index is 0.00140. The first-order valence-electron chi connectivity index (χ1n) is 11.5. The van der Waals surface area contributed by atoms with Crippen molar-refractivity contribution in [2.75, 3.05) is 40.3 Å². The second-order valence-corrected chi connectivity index (χ2v) is 9.22. The van der Waals surface area contributed by atoms with Gasteiger partial charge in [-0.15, -0.1) is 0 Å². The van der Waals surface area contributed by atoms with Crippen molar-refractivity contribution in [3.63, 3.8) is 0 Å². The van der Waals surface area contributed by atoms with Crippen LogP contribution in [0.3, 0.4) is 0 Å². The van der Waals surface area contributed by atoms with E-state index in [-0.39, 0.29) is 38.5 Å². The molecule has 0 aliphatic carbocycles. The van der Waals surface area contributed by atoms with E-state index in [1.54, 1.807) is 33.9 Å². The Morgan fingerprint density at radius 3 is 2.36 bits per heavy atom. The highest BCUT2D eigenvalue weighted by Gasteiger charge is 2.31. The van der Waals surface area contributed by atoms with Crippen molar-refractivity contribution in [2.45, 2.75) is 32.8 Å². The van der Waals surface area contributed by atoms with Gasteiger partial charge < -0.3 is 29.9 Å². The maximum Gasteiger partial charge on any atom is 0.407 e. The van der Waals surface area contributed by atoms with Gasteiger partial charge in [-0.25, -0.2) is 4.79 Å². The van der Waals surface area contributed by atoms with Crippen LogP contribution in [0.5, 0.6) is 0 Å². The van der Waals surface area contributed by atoms with Crippen LogP contribution in [-0.4, -0.2) is 85.5 Å². The summed E-state index contributed by atoms with van der Waals surface area (Å²) in [7, 11) is 2.78. The smallest absolute Gasteiger partial charge is 0.407 e. The van der Waals surface area contributed by atoms with Crippen LogP contribution in [0.2, 0.25) is 0 Å². The van der Waals surface area contributed by atoms with Crippen molar-refractivity contribution in [3.05, 3.63) is 42.0 Å². The number of likely N-dealkylation sites (N-methyl/N-ethyl adjacent to an activating group) is 1. The molecule has 1 aliphatic rings. The zero-order chi connectivity index (χ0) is 26.9. The number of alkyl carbamates (subject to hydrolysis) is 1. The molecule has 36 heavy (non-hydrogen) atoms. The van der Waals surface area contributed by atoms with Crippen LogP contribution in [0.4, 0.5) is 4.79 Å². The van der Waals surface area contributed by atoms with Gasteiger partial charge in [0.1, 0.15) is 18.7 Å². The van der Waals surface area contributed by atoms with Gasteiger partial charge in [-0.3, -0.25) is 19.2 Å². The third-order valence-electron chi connectivity index (χ3n) is 5.24. The first-order valence-corrected chi connectivity index (χ1v) is 11.5. The monoisotopic (exact) mass is 502 g/mol. The summed E-state index contributed by atoms with van der Waals surface area (Å²) in [6.07, 6.45) is 0.856. The number of hydrogen-bond donors (Lipinski definition) is 2. The summed E-state index contributed by atoms with van der Waals surface area (Å²) in [5.74, 6) is -2.73. The van der Waals surface area contributed by atoms with E-state index < -0.39 is 35.4 Å². The van der Waals surface area contributed by atoms with Gasteiger partial charge in [0, 0.05) is 32.3 Å². The first kappa shape index (κ1) is 28.3. The van der Waals surface area contributed by atoms with Crippen LogP contribution in [0.15, 0.2) is 36.4 Å². The molecule has 1 aromatic carbocycles. The first-order chi connectivity index (χ1) is 16.9. The predicted molar refractivity (Wildman–Crippen MR) is 131 cm³/mol. The molecule has 1 atom stereocenters. The summed E-state index contributed by atoms with van der Waals surface area (Å²) in [6, 6.07) is 9.08. The standard InChI is InChI=1S/C25H34N4O7/c1-25(2,3)36-24(34)26-12-11-20(30)29-15-18(23(33)27-14-22(32)35-5)13-19(28(4)21(31)16-29)17-9-7-6-8-10-17/h6-10,13,18H,11-12,14-16H2,1-5H3,(H,26,34)(H,27,33)/b19-13-. The van der Waals surface area contributed by atoms with Crippen molar-refractivity contribution >= 4 is 35.5 Å². The number of amides is 4. The van der Waals surface area contributed by atoms with E-state index >= 15 is 0 Å². The van der Waals surface area contributed by atoms with Crippen LogP contribution in [0, 0.1) is 5.92 Å². The number of hydrogen-bond acceptors (Lipinski definition) is 7. The minimum atomic E-state index is -0.858. The summed E-state index contributed by atoms with van der Waals surface area (Å²) in [6.45, 7) is 4.50. The average molecular weight is 503 g/mol. The maximum atomic E-state index is 13.0. The van der Waals surface area contributed by atoms with Gasteiger partial charge in [0.25, 0.3) is 0 Å². The number of nitrogens with one attached hydrogen (secondary N) is 2. The number of carbonyl (C=O) groups is 5. The van der Waals surface area contributed by atoms with Crippen LogP contribution in [0.25, 0.3) is 5.70 Å². The van der Waals surface area contributed by atoms with Crippen molar-refractivity contribution in [1.82, 2.24) is 20.4 Å². The number of benzene rings is 1. The van der Waals surface area contributed by atoms with Gasteiger partial charge in [0.2, 0.25) is 17.7 Å². The molecule has 1 aliphatic heterocycles. The Hall–Kier alpha value is -3.89. The van der Waals surface area contributed by atoms with E-state index in [0.717, 1.165) is 5.56 Å². The molecule has 11 heteroatoms. The Morgan fingerprint density at radius 2 is 1.75 bits per heavy atom. The van der Waals surface area contributed by atoms with Crippen molar-refractivity contribution in [2.24, 2.45) is 5.92 Å². The van der Waals surface area contributed by atoms with E-state index in [4.69, 9.17) is 4.74 Å². The number of esters is 1. The van der Waals surface area contributed by atoms with E-state index in [0.29, 0.717) is 5.70 Å². The molecule has 0 aromatic heterocycles. The number of carbonyl (C=O) groups excluding carboxylic acids is 5. The molecular formula is C25H34N4O7. The molecule has 2 rings (SSSR count). The molecular weight excluding hydrogens is 468 g/mol. The van der Waals surface area contributed by atoms with Crippen LogP contribution >= 0.6 is 0 Å². The number of methoxy groups -OCH3 is 1. The van der Waals surface area contributed by atoms with Crippen LogP contribution in [-0.2, 0) is 28.7 Å². The summed E-state index contributed by atoms with van der Waals surface area (Å²) >= 11 is 0. The summed E-state index contributed by atoms with van der Waals surface area (Å²) < 4.78 is 9.73. The quantitative estimate of drug-likeness (QED) is 0.534. The number of rotatable bonds is 7. The lowest BCUT2D eigenvalue weighted by Crippen LogP contribution is -2.48. The normalized spacial score (nSPS) is 17.8. The third kappa shape index (κ3) is 8.71. The van der Waals surface area contributed by atoms with Crippen molar-refractivity contribution < 1.29 is 33.4 Å². The molecule has 0 saturated carbocycles. The van der Waals surface area contributed by atoms with Gasteiger partial charge in [-0.05, 0) is 32.4 Å². The predicted octanol–water partition coefficient (Wildman–Crippen LogP) is 1.15. The lowest BCUT2D eigenvalue weighted by molar-refractivity contribution is -0.142. The highest BCUT2D eigenvalue weighted by molar-refractivity contribution is 5.94. The zero-order valence-corrected chi connectivity index (χ0v) is 21.3. The highest BCUT2D eigenvalue weighted by Crippen LogP contribution is 2.23. The number of nitrogens with zero attached hydrogens (tertiary/aromatic N) is 2. The fourth-order valence-corrected chi connectivity index (χ4v) is 3.41. The Bertz CT molecular complexity index is 1000. The van der Waals surface area contributed by atoms with E-state index in [2.05, 4.69) is 15.4 Å². The molecule has 2 N–H and O–H groups in total. The lowest BCUT2D eigenvalue weighted by atomic mass is 10.00. The molecule has 1 aromatic rings. The molecule has 11 nitrogen and oxygen atoms in total. The summed E-state index contributed by atoms with van der Waals surface area (Å²) in [5.41, 5.74) is 0.555. The Kier molecular flexibility index (Phi) is 10.0. The molecule has 0 spiro atoms. The SMILES string of the molecule is COC(=O)CNC(=O)C1/C=C(/c2ccccc2)N(C)C(=O)CN(C(=O)CCNC(=O)OC(C)(C)C)C1. The Morgan fingerprint density at radius 1 is 1.08 bits per heavy atom. The second kappa shape index (κ2) is 12.7. The number of ether oxygens (including phenoxy) is 2. The van der Waals surface area contributed by atoms with Crippen molar-refractivity contribution in [1.29, 1.82) is 0 Å². The molecule has 0 radical (unpaired) electrons. The van der Waals surface area contributed by atoms with E-state index in [1.807, 2.05) is 30.3 Å². The fraction of sp³-hybridized carbons (Fsp3) is 0.480. The molecule has 1 heterocycles. The van der Waals surface area contributed by atoms with Gasteiger partial charge in [0.05, 0.1) is 13.0 Å². The summed E-state index contributed by atoms with van der Waals surface area (Å²) in [4.78, 5) is 64.9. The van der Waals surface area contributed by atoms with Crippen LogP contribution < -0.4 is 10.6 Å². The third-order valence-corrected chi connectivity index (χ3v) is 5.24. The van der Waals surface area contributed by atoms with Gasteiger partial charge in [0.15, 0.2) is 0 Å². The fourth-order valence-electron chi connectivity index (χ4n) is 3.41. The largest absolute Gasteiger partial charge is 0.468 e. The van der Waals surface area contributed by atoms with Crippen molar-refractivity contribution in [3.8, 4) is 0 Å². The second-order valence-electron chi connectivity index (χ2n) is 9.22. The lowest BCUT2D eigenvalue weighted by Gasteiger charge is -2.32. The average Bonchev–Trinajstić information content (AvgIpc) is 2.81. The Labute approximate surface area is 210 Å².